The third-order valence-electron chi connectivity index (χ3n) is 3.68. The number of rotatable bonds is 4. The Kier molecular flexibility index (Phi) is 4.54. The third kappa shape index (κ3) is 3.39. The fourth-order valence-electron chi connectivity index (χ4n) is 2.52. The highest BCUT2D eigenvalue weighted by Crippen LogP contribution is 2.32. The van der Waals surface area contributed by atoms with Crippen molar-refractivity contribution >= 4 is 56.1 Å². The lowest BCUT2D eigenvalue weighted by atomic mass is 10.1. The summed E-state index contributed by atoms with van der Waals surface area (Å²) in [6, 6.07) is 10.8. The molecule has 0 bridgehead atoms. The monoisotopic (exact) mass is 402 g/mol. The van der Waals surface area contributed by atoms with Crippen LogP contribution >= 0.6 is 34.3 Å². The summed E-state index contributed by atoms with van der Waals surface area (Å²) in [7, 11) is 0. The van der Waals surface area contributed by atoms with Crippen LogP contribution in [0.15, 0.2) is 46.6 Å². The van der Waals surface area contributed by atoms with Gasteiger partial charge in [-0.2, -0.15) is 5.10 Å². The lowest BCUT2D eigenvalue weighted by Gasteiger charge is -2.04. The number of fused-ring (bicyclic) bond motifs is 1. The largest absolute Gasteiger partial charge is 0.302 e. The maximum absolute atomic E-state index is 12.4. The van der Waals surface area contributed by atoms with Crippen LogP contribution in [-0.2, 0) is 11.2 Å². The van der Waals surface area contributed by atoms with Gasteiger partial charge < -0.3 is 5.32 Å². The van der Waals surface area contributed by atoms with E-state index in [4.69, 9.17) is 11.6 Å². The lowest BCUT2D eigenvalue weighted by molar-refractivity contribution is -0.115. The van der Waals surface area contributed by atoms with Gasteiger partial charge in [-0.1, -0.05) is 29.8 Å². The van der Waals surface area contributed by atoms with Crippen LogP contribution in [0.25, 0.3) is 21.3 Å². The fraction of sp³-hybridized carbons (Fsp3) is 0.0588. The molecule has 3 heterocycles. The summed E-state index contributed by atoms with van der Waals surface area (Å²) in [5.74, 6) is -0.250. The molecular weight excluding hydrogens is 392 g/mol. The summed E-state index contributed by atoms with van der Waals surface area (Å²) in [4.78, 5) is 29.5. The second-order valence-corrected chi connectivity index (χ2v) is 7.98. The van der Waals surface area contributed by atoms with E-state index in [-0.39, 0.29) is 17.9 Å². The number of anilines is 1. The summed E-state index contributed by atoms with van der Waals surface area (Å²) < 4.78 is 0.689. The van der Waals surface area contributed by atoms with Gasteiger partial charge in [0, 0.05) is 10.8 Å². The van der Waals surface area contributed by atoms with Crippen molar-refractivity contribution in [3.8, 4) is 10.6 Å². The Hall–Kier alpha value is -2.55. The molecule has 26 heavy (non-hydrogen) atoms. The van der Waals surface area contributed by atoms with Gasteiger partial charge >= 0.3 is 0 Å². The number of carbonyl (C=O) groups excluding carboxylic acids is 1. The second-order valence-electron chi connectivity index (χ2n) is 5.41. The van der Waals surface area contributed by atoms with E-state index in [0.717, 1.165) is 10.6 Å². The quantitative estimate of drug-likeness (QED) is 0.541. The first-order valence-electron chi connectivity index (χ1n) is 7.57. The van der Waals surface area contributed by atoms with Gasteiger partial charge in [0.15, 0.2) is 5.13 Å². The topological polar surface area (TPSA) is 87.7 Å². The number of halogens is 1. The number of hydrogen-bond acceptors (Lipinski definition) is 6. The number of thiophene rings is 1. The number of nitrogens with one attached hydrogen (secondary N) is 2. The molecule has 0 saturated carbocycles. The zero-order valence-corrected chi connectivity index (χ0v) is 15.5. The van der Waals surface area contributed by atoms with Crippen molar-refractivity contribution in [1.29, 1.82) is 0 Å². The molecule has 4 aromatic rings. The zero-order chi connectivity index (χ0) is 18.1. The number of hydrogen-bond donors (Lipinski definition) is 2. The first-order valence-corrected chi connectivity index (χ1v) is 9.65. The molecule has 2 N–H and O–H groups in total. The van der Waals surface area contributed by atoms with Crippen LogP contribution in [0, 0.1) is 0 Å². The van der Waals surface area contributed by atoms with Crippen molar-refractivity contribution in [2.45, 2.75) is 6.42 Å². The Morgan fingerprint density at radius 1 is 1.19 bits per heavy atom. The molecule has 0 saturated heterocycles. The molecule has 0 radical (unpaired) electrons. The van der Waals surface area contributed by atoms with Gasteiger partial charge in [0.05, 0.1) is 32.4 Å². The molecular formula is C17H11ClN4O2S2. The van der Waals surface area contributed by atoms with Gasteiger partial charge in [-0.05, 0) is 18.2 Å². The number of carbonyl (C=O) groups is 1. The SMILES string of the molecule is O=C(Cc1n[nH]c(=O)c2ccccc12)Nc1nc(-c2ccc(Cl)s2)cs1. The molecule has 0 atom stereocenters. The van der Waals surface area contributed by atoms with E-state index in [1.165, 1.54) is 22.7 Å². The third-order valence-corrected chi connectivity index (χ3v) is 5.69. The molecule has 3 aromatic heterocycles. The molecule has 0 aliphatic rings. The second kappa shape index (κ2) is 6.99. The Labute approximate surface area is 160 Å². The smallest absolute Gasteiger partial charge is 0.272 e. The predicted octanol–water partition coefficient (Wildman–Crippen LogP) is 3.94. The molecule has 0 fully saturated rings. The van der Waals surface area contributed by atoms with Gasteiger partial charge in [0.1, 0.15) is 0 Å². The lowest BCUT2D eigenvalue weighted by Crippen LogP contribution is -2.18. The Bertz CT molecular complexity index is 1160. The van der Waals surface area contributed by atoms with E-state index in [1.807, 2.05) is 23.6 Å². The Morgan fingerprint density at radius 2 is 2.00 bits per heavy atom. The van der Waals surface area contributed by atoms with Crippen LogP contribution in [0.4, 0.5) is 5.13 Å². The van der Waals surface area contributed by atoms with Crippen LogP contribution in [0.5, 0.6) is 0 Å². The molecule has 9 heteroatoms. The van der Waals surface area contributed by atoms with E-state index >= 15 is 0 Å². The van der Waals surface area contributed by atoms with Crippen molar-refractivity contribution in [2.24, 2.45) is 0 Å². The number of amides is 1. The summed E-state index contributed by atoms with van der Waals surface area (Å²) in [5.41, 5.74) is 1.01. The van der Waals surface area contributed by atoms with Crippen LogP contribution in [0.2, 0.25) is 4.34 Å². The van der Waals surface area contributed by atoms with Crippen LogP contribution in [-0.4, -0.2) is 21.1 Å². The molecule has 130 valence electrons. The fourth-order valence-corrected chi connectivity index (χ4v) is 4.32. The molecule has 0 spiro atoms. The van der Waals surface area contributed by atoms with Crippen LogP contribution in [0.3, 0.4) is 0 Å². The summed E-state index contributed by atoms with van der Waals surface area (Å²) in [5, 5.41) is 12.8. The Morgan fingerprint density at radius 3 is 2.77 bits per heavy atom. The van der Waals surface area contributed by atoms with Gasteiger partial charge in [-0.25, -0.2) is 10.1 Å². The van der Waals surface area contributed by atoms with Gasteiger partial charge in [-0.3, -0.25) is 9.59 Å². The molecule has 0 aliphatic carbocycles. The normalized spacial score (nSPS) is 11.0. The highest BCUT2D eigenvalue weighted by atomic mass is 35.5. The number of aromatic nitrogens is 3. The maximum Gasteiger partial charge on any atom is 0.272 e. The number of H-pyrrole nitrogens is 1. The molecule has 1 amide bonds. The molecule has 6 nitrogen and oxygen atoms in total. The molecule has 1 aromatic carbocycles. The molecule has 0 unspecified atom stereocenters. The first-order chi connectivity index (χ1) is 12.6. The predicted molar refractivity (Wildman–Crippen MR) is 105 cm³/mol. The summed E-state index contributed by atoms with van der Waals surface area (Å²) in [6.07, 6.45) is 0.0387. The molecule has 0 aliphatic heterocycles. The maximum atomic E-state index is 12.4. The van der Waals surface area contributed by atoms with Crippen molar-refractivity contribution in [3.63, 3.8) is 0 Å². The van der Waals surface area contributed by atoms with Crippen molar-refractivity contribution < 1.29 is 4.79 Å². The summed E-state index contributed by atoms with van der Waals surface area (Å²) in [6.45, 7) is 0. The molecule has 4 rings (SSSR count). The van der Waals surface area contributed by atoms with Crippen molar-refractivity contribution in [2.75, 3.05) is 5.32 Å². The van der Waals surface area contributed by atoms with Crippen LogP contribution in [0.1, 0.15) is 5.69 Å². The van der Waals surface area contributed by atoms with E-state index in [9.17, 15) is 9.59 Å². The van der Waals surface area contributed by atoms with E-state index in [0.29, 0.717) is 25.9 Å². The number of aromatic amines is 1. The van der Waals surface area contributed by atoms with Crippen molar-refractivity contribution in [3.05, 3.63) is 62.2 Å². The minimum Gasteiger partial charge on any atom is -0.302 e. The van der Waals surface area contributed by atoms with E-state index in [2.05, 4.69) is 20.5 Å². The number of benzene rings is 1. The average molecular weight is 403 g/mol. The Balaban J connectivity index is 1.52. The highest BCUT2D eigenvalue weighted by Gasteiger charge is 2.13. The highest BCUT2D eigenvalue weighted by molar-refractivity contribution is 7.20. The van der Waals surface area contributed by atoms with Gasteiger partial charge in [-0.15, -0.1) is 22.7 Å². The van der Waals surface area contributed by atoms with Gasteiger partial charge in [0.2, 0.25) is 5.91 Å². The van der Waals surface area contributed by atoms with Gasteiger partial charge in [0.25, 0.3) is 5.56 Å². The van der Waals surface area contributed by atoms with Crippen LogP contribution < -0.4 is 10.9 Å². The van der Waals surface area contributed by atoms with E-state index in [1.54, 1.807) is 18.2 Å². The minimum absolute atomic E-state index is 0.0387. The standard InChI is InChI=1S/C17H11ClN4O2S2/c18-14-6-5-13(26-14)12-8-25-17(19-12)20-15(23)7-11-9-3-1-2-4-10(9)16(24)22-21-11/h1-6,8H,7H2,(H,22,24)(H,19,20,23). The zero-order valence-electron chi connectivity index (χ0n) is 13.2. The van der Waals surface area contributed by atoms with Crippen molar-refractivity contribution in [1.82, 2.24) is 15.2 Å². The van der Waals surface area contributed by atoms with E-state index < -0.39 is 0 Å². The first kappa shape index (κ1) is 16.9. The number of thiazole rings is 1. The number of nitrogens with zero attached hydrogens (tertiary/aromatic N) is 2. The average Bonchev–Trinajstić information content (AvgIpc) is 3.26. The minimum atomic E-state index is -0.274. The summed E-state index contributed by atoms with van der Waals surface area (Å²) >= 11 is 8.72.